The molecule has 0 aromatic heterocycles. The molecule has 0 fully saturated rings. The molecule has 0 heterocycles. The predicted molar refractivity (Wildman–Crippen MR) is 93.7 cm³/mol. The third kappa shape index (κ3) is 8.90. The van der Waals surface area contributed by atoms with Crippen LogP contribution in [0.2, 0.25) is 0 Å². The van der Waals surface area contributed by atoms with Gasteiger partial charge in [-0.1, -0.05) is 40.0 Å². The van der Waals surface area contributed by atoms with Crippen molar-refractivity contribution in [3.63, 3.8) is 0 Å². The van der Waals surface area contributed by atoms with Crippen LogP contribution in [0, 0.1) is 0 Å². The highest BCUT2D eigenvalue weighted by Gasteiger charge is 2.05. The van der Waals surface area contributed by atoms with Crippen molar-refractivity contribution in [3.8, 4) is 5.75 Å². The minimum absolute atomic E-state index is 0.309. The van der Waals surface area contributed by atoms with Crippen LogP contribution >= 0.6 is 0 Å². The molecule has 0 saturated carbocycles. The number of hydrogen-bond donors (Lipinski definition) is 3. The average molecular weight is 308 g/mol. The van der Waals surface area contributed by atoms with Gasteiger partial charge in [-0.05, 0) is 30.7 Å². The van der Waals surface area contributed by atoms with E-state index in [1.807, 2.05) is 24.3 Å². The number of unbranched alkanes of at least 4 members (excludes halogenated alkanes) is 3. The van der Waals surface area contributed by atoms with E-state index in [4.69, 9.17) is 4.74 Å². The van der Waals surface area contributed by atoms with Crippen LogP contribution in [-0.2, 0) is 0 Å². The molecule has 0 aliphatic carbocycles. The number of ether oxygens (including phenoxy) is 1. The summed E-state index contributed by atoms with van der Waals surface area (Å²) in [4.78, 5) is 0. The third-order valence-electron chi connectivity index (χ3n) is 3.42. The van der Waals surface area contributed by atoms with E-state index in [1.54, 1.807) is 0 Å². The number of rotatable bonds is 12. The van der Waals surface area contributed by atoms with Gasteiger partial charge in [-0.3, -0.25) is 0 Å². The summed E-state index contributed by atoms with van der Waals surface area (Å²) in [6.45, 7) is 8.21. The van der Waals surface area contributed by atoms with Crippen LogP contribution in [0.4, 0.5) is 5.69 Å². The van der Waals surface area contributed by atoms with Crippen LogP contribution in [-0.4, -0.2) is 36.9 Å². The second-order valence-electron chi connectivity index (χ2n) is 6.04. The number of aliphatic hydroxyl groups is 1. The van der Waals surface area contributed by atoms with Crippen molar-refractivity contribution < 1.29 is 9.84 Å². The molecule has 1 rings (SSSR count). The SMILES string of the molecule is CCCCCCNc1ccc(OCC(O)CNC(C)C)cc1. The fourth-order valence-electron chi connectivity index (χ4n) is 2.08. The van der Waals surface area contributed by atoms with Crippen LogP contribution in [0.5, 0.6) is 5.75 Å². The summed E-state index contributed by atoms with van der Waals surface area (Å²) in [5, 5.41) is 16.4. The molecule has 0 bridgehead atoms. The molecule has 0 saturated heterocycles. The molecule has 22 heavy (non-hydrogen) atoms. The molecule has 126 valence electrons. The van der Waals surface area contributed by atoms with Gasteiger partial charge in [-0.25, -0.2) is 0 Å². The topological polar surface area (TPSA) is 53.5 Å². The Morgan fingerprint density at radius 2 is 1.82 bits per heavy atom. The van der Waals surface area contributed by atoms with Gasteiger partial charge in [0.2, 0.25) is 0 Å². The molecular weight excluding hydrogens is 276 g/mol. The van der Waals surface area contributed by atoms with E-state index in [0.717, 1.165) is 18.0 Å². The maximum atomic E-state index is 9.80. The Labute approximate surface area is 135 Å². The standard InChI is InChI=1S/C18H32N2O2/c1-4-5-6-7-12-19-16-8-10-18(11-9-16)22-14-17(21)13-20-15(2)3/h8-11,15,17,19-21H,4-7,12-14H2,1-3H3. The zero-order valence-electron chi connectivity index (χ0n) is 14.3. The predicted octanol–water partition coefficient (Wildman–Crippen LogP) is 3.42. The molecule has 4 heteroatoms. The first-order valence-electron chi connectivity index (χ1n) is 8.50. The highest BCUT2D eigenvalue weighted by Crippen LogP contribution is 2.16. The monoisotopic (exact) mass is 308 g/mol. The van der Waals surface area contributed by atoms with Gasteiger partial charge in [-0.15, -0.1) is 0 Å². The van der Waals surface area contributed by atoms with E-state index >= 15 is 0 Å². The largest absolute Gasteiger partial charge is 0.491 e. The van der Waals surface area contributed by atoms with Crippen LogP contribution in [0.25, 0.3) is 0 Å². The minimum Gasteiger partial charge on any atom is -0.491 e. The van der Waals surface area contributed by atoms with Crippen molar-refractivity contribution in [2.75, 3.05) is 25.0 Å². The Morgan fingerprint density at radius 1 is 1.09 bits per heavy atom. The van der Waals surface area contributed by atoms with Crippen molar-refractivity contribution >= 4 is 5.69 Å². The molecule has 1 aromatic rings. The maximum Gasteiger partial charge on any atom is 0.119 e. The Morgan fingerprint density at radius 3 is 2.45 bits per heavy atom. The normalized spacial score (nSPS) is 12.4. The van der Waals surface area contributed by atoms with Gasteiger partial charge in [0.05, 0.1) is 0 Å². The highest BCUT2D eigenvalue weighted by atomic mass is 16.5. The van der Waals surface area contributed by atoms with Crippen molar-refractivity contribution in [1.82, 2.24) is 5.32 Å². The lowest BCUT2D eigenvalue weighted by molar-refractivity contribution is 0.104. The van der Waals surface area contributed by atoms with E-state index in [1.165, 1.54) is 25.7 Å². The fourth-order valence-corrected chi connectivity index (χ4v) is 2.08. The Kier molecular flexibility index (Phi) is 9.67. The zero-order chi connectivity index (χ0) is 16.2. The van der Waals surface area contributed by atoms with E-state index in [9.17, 15) is 5.11 Å². The van der Waals surface area contributed by atoms with Gasteiger partial charge < -0.3 is 20.5 Å². The van der Waals surface area contributed by atoms with Crippen molar-refractivity contribution in [3.05, 3.63) is 24.3 Å². The number of benzene rings is 1. The smallest absolute Gasteiger partial charge is 0.119 e. The number of nitrogens with one attached hydrogen (secondary N) is 2. The van der Waals surface area contributed by atoms with Gasteiger partial charge in [0.15, 0.2) is 0 Å². The molecule has 0 amide bonds. The Bertz CT molecular complexity index is 379. The molecule has 1 aromatic carbocycles. The lowest BCUT2D eigenvalue weighted by Crippen LogP contribution is -2.35. The Hall–Kier alpha value is -1.26. The maximum absolute atomic E-state index is 9.80. The van der Waals surface area contributed by atoms with Crippen LogP contribution < -0.4 is 15.4 Å². The molecule has 0 aliphatic heterocycles. The lowest BCUT2D eigenvalue weighted by Gasteiger charge is -2.15. The first-order chi connectivity index (χ1) is 10.6. The fraction of sp³-hybridized carbons (Fsp3) is 0.667. The molecule has 3 N–H and O–H groups in total. The number of hydrogen-bond acceptors (Lipinski definition) is 4. The van der Waals surface area contributed by atoms with Gasteiger partial charge in [0.25, 0.3) is 0 Å². The van der Waals surface area contributed by atoms with E-state index in [2.05, 4.69) is 31.4 Å². The van der Waals surface area contributed by atoms with E-state index in [-0.39, 0.29) is 0 Å². The number of aliphatic hydroxyl groups excluding tert-OH is 1. The van der Waals surface area contributed by atoms with Crippen molar-refractivity contribution in [2.45, 2.75) is 58.6 Å². The van der Waals surface area contributed by atoms with E-state index in [0.29, 0.717) is 19.2 Å². The minimum atomic E-state index is -0.487. The second-order valence-corrected chi connectivity index (χ2v) is 6.04. The zero-order valence-corrected chi connectivity index (χ0v) is 14.3. The summed E-state index contributed by atoms with van der Waals surface area (Å²) in [6.07, 6.45) is 4.58. The van der Waals surface area contributed by atoms with Crippen molar-refractivity contribution in [1.29, 1.82) is 0 Å². The van der Waals surface area contributed by atoms with Crippen LogP contribution in [0.1, 0.15) is 46.5 Å². The quantitative estimate of drug-likeness (QED) is 0.518. The van der Waals surface area contributed by atoms with E-state index < -0.39 is 6.10 Å². The van der Waals surface area contributed by atoms with Gasteiger partial charge in [0, 0.05) is 24.8 Å². The molecular formula is C18H32N2O2. The van der Waals surface area contributed by atoms with Gasteiger partial charge in [0.1, 0.15) is 18.5 Å². The van der Waals surface area contributed by atoms with Gasteiger partial charge in [-0.2, -0.15) is 0 Å². The average Bonchev–Trinajstić information content (AvgIpc) is 2.52. The number of anilines is 1. The van der Waals surface area contributed by atoms with Gasteiger partial charge >= 0.3 is 0 Å². The molecule has 4 nitrogen and oxygen atoms in total. The molecule has 0 radical (unpaired) electrons. The summed E-state index contributed by atoms with van der Waals surface area (Å²) >= 11 is 0. The Balaban J connectivity index is 2.21. The molecule has 0 aliphatic rings. The third-order valence-corrected chi connectivity index (χ3v) is 3.42. The highest BCUT2D eigenvalue weighted by molar-refractivity contribution is 5.46. The summed E-state index contributed by atoms with van der Waals surface area (Å²) in [6, 6.07) is 8.30. The second kappa shape index (κ2) is 11.3. The molecule has 1 atom stereocenters. The van der Waals surface area contributed by atoms with Crippen molar-refractivity contribution in [2.24, 2.45) is 0 Å². The molecule has 1 unspecified atom stereocenters. The summed E-state index contributed by atoms with van der Waals surface area (Å²) < 4.78 is 5.59. The molecule has 0 spiro atoms. The summed E-state index contributed by atoms with van der Waals surface area (Å²) in [7, 11) is 0. The summed E-state index contributed by atoms with van der Waals surface area (Å²) in [5.74, 6) is 0.792. The van der Waals surface area contributed by atoms with Crippen LogP contribution in [0.15, 0.2) is 24.3 Å². The first kappa shape index (κ1) is 18.8. The lowest BCUT2D eigenvalue weighted by atomic mass is 10.2. The summed E-state index contributed by atoms with van der Waals surface area (Å²) in [5.41, 5.74) is 1.12. The first-order valence-corrected chi connectivity index (χ1v) is 8.50. The van der Waals surface area contributed by atoms with Crippen LogP contribution in [0.3, 0.4) is 0 Å².